The van der Waals surface area contributed by atoms with Crippen LogP contribution in [0.25, 0.3) is 0 Å². The number of nitrogens with zero attached hydrogens (tertiary/aromatic N) is 5. The minimum Gasteiger partial charge on any atom is -0.389 e. The molecule has 0 amide bonds. The number of hydrogen-bond donors (Lipinski definition) is 3. The Hall–Kier alpha value is -2.30. The predicted octanol–water partition coefficient (Wildman–Crippen LogP) is 2.05. The molecule has 1 atom stereocenters. The fourth-order valence-electron chi connectivity index (χ4n) is 6.85. The monoisotopic (exact) mass is 508 g/mol. The number of hydrogen-bond acceptors (Lipinski definition) is 9. The number of rotatable bonds is 6. The SMILES string of the molecule is CNC1(c2ccccc2)CCC2(CC1)CN(c1cnc(N3CCOCC3)nc1)C(O)N2CC1(O)CCC1. The second-order valence-electron chi connectivity index (χ2n) is 11.4. The van der Waals surface area contributed by atoms with Crippen LogP contribution < -0.4 is 15.1 Å². The lowest BCUT2D eigenvalue weighted by molar-refractivity contribution is -0.120. The first-order valence-corrected chi connectivity index (χ1v) is 13.8. The van der Waals surface area contributed by atoms with Crippen molar-refractivity contribution in [1.82, 2.24) is 20.2 Å². The third kappa shape index (κ3) is 4.51. The summed E-state index contributed by atoms with van der Waals surface area (Å²) in [5, 5.41) is 26.4. The molecule has 1 unspecified atom stereocenters. The number of morpholine rings is 1. The molecule has 0 bridgehead atoms. The molecule has 9 heteroatoms. The minimum atomic E-state index is -0.818. The lowest BCUT2D eigenvalue weighted by atomic mass is 9.68. The Morgan fingerprint density at radius 1 is 1.00 bits per heavy atom. The van der Waals surface area contributed by atoms with E-state index in [-0.39, 0.29) is 11.1 Å². The van der Waals surface area contributed by atoms with E-state index in [4.69, 9.17) is 4.74 Å². The van der Waals surface area contributed by atoms with Gasteiger partial charge >= 0.3 is 0 Å². The number of aromatic nitrogens is 2. The van der Waals surface area contributed by atoms with Gasteiger partial charge in [-0.2, -0.15) is 0 Å². The summed E-state index contributed by atoms with van der Waals surface area (Å²) in [6.07, 6.45) is 9.29. The Morgan fingerprint density at radius 3 is 2.27 bits per heavy atom. The number of ether oxygens (including phenoxy) is 1. The van der Waals surface area contributed by atoms with Gasteiger partial charge in [-0.25, -0.2) is 9.97 Å². The molecule has 2 aliphatic heterocycles. The van der Waals surface area contributed by atoms with Crippen LogP contribution in [0.4, 0.5) is 11.6 Å². The maximum Gasteiger partial charge on any atom is 0.225 e. The van der Waals surface area contributed by atoms with Crippen LogP contribution in [-0.2, 0) is 10.3 Å². The topological polar surface area (TPSA) is 97.2 Å². The van der Waals surface area contributed by atoms with Gasteiger partial charge in [0.1, 0.15) is 0 Å². The molecule has 4 aliphatic rings. The van der Waals surface area contributed by atoms with E-state index in [0.29, 0.717) is 32.3 Å². The summed E-state index contributed by atoms with van der Waals surface area (Å²) in [5.41, 5.74) is 1.13. The molecule has 4 fully saturated rings. The van der Waals surface area contributed by atoms with Crippen molar-refractivity contribution in [2.24, 2.45) is 0 Å². The van der Waals surface area contributed by atoms with Crippen molar-refractivity contribution in [3.8, 4) is 0 Å². The lowest BCUT2D eigenvalue weighted by Gasteiger charge is -2.51. The zero-order chi connectivity index (χ0) is 25.5. The van der Waals surface area contributed by atoms with Gasteiger partial charge in [0.15, 0.2) is 6.35 Å². The summed E-state index contributed by atoms with van der Waals surface area (Å²) < 4.78 is 5.45. The van der Waals surface area contributed by atoms with Gasteiger partial charge in [0.05, 0.1) is 36.9 Å². The van der Waals surface area contributed by atoms with E-state index in [1.807, 2.05) is 17.3 Å². The summed E-state index contributed by atoms with van der Waals surface area (Å²) in [7, 11) is 2.06. The number of nitrogens with one attached hydrogen (secondary N) is 1. The molecule has 0 radical (unpaired) electrons. The maximum absolute atomic E-state index is 11.7. The van der Waals surface area contributed by atoms with E-state index in [2.05, 4.69) is 62.5 Å². The van der Waals surface area contributed by atoms with Gasteiger partial charge in [-0.3, -0.25) is 4.90 Å². The predicted molar refractivity (Wildman–Crippen MR) is 142 cm³/mol. The molecule has 3 heterocycles. The van der Waals surface area contributed by atoms with Crippen LogP contribution in [-0.4, -0.2) is 89.0 Å². The van der Waals surface area contributed by atoms with Crippen molar-refractivity contribution in [1.29, 1.82) is 0 Å². The smallest absolute Gasteiger partial charge is 0.225 e. The van der Waals surface area contributed by atoms with Crippen molar-refractivity contribution < 1.29 is 14.9 Å². The molecule has 1 aromatic heterocycles. The van der Waals surface area contributed by atoms with Crippen LogP contribution in [0.5, 0.6) is 0 Å². The first kappa shape index (κ1) is 25.0. The van der Waals surface area contributed by atoms with Crippen LogP contribution >= 0.6 is 0 Å². The van der Waals surface area contributed by atoms with Crippen molar-refractivity contribution in [3.05, 3.63) is 48.3 Å². The number of anilines is 2. The summed E-state index contributed by atoms with van der Waals surface area (Å²) in [6, 6.07) is 10.7. The van der Waals surface area contributed by atoms with Gasteiger partial charge < -0.3 is 30.1 Å². The zero-order valence-corrected chi connectivity index (χ0v) is 21.8. The van der Waals surface area contributed by atoms with Crippen molar-refractivity contribution >= 4 is 11.6 Å². The molecule has 2 aliphatic carbocycles. The highest BCUT2D eigenvalue weighted by molar-refractivity contribution is 5.48. The average molecular weight is 509 g/mol. The molecular formula is C28H40N6O3. The average Bonchev–Trinajstić information content (AvgIpc) is 3.20. The van der Waals surface area contributed by atoms with E-state index in [9.17, 15) is 10.2 Å². The quantitative estimate of drug-likeness (QED) is 0.542. The highest BCUT2D eigenvalue weighted by Gasteiger charge is 2.56. The molecule has 1 spiro atoms. The second kappa shape index (κ2) is 9.78. The van der Waals surface area contributed by atoms with Crippen molar-refractivity contribution in [2.45, 2.75) is 68.0 Å². The van der Waals surface area contributed by atoms with E-state index < -0.39 is 12.0 Å². The fourth-order valence-corrected chi connectivity index (χ4v) is 6.85. The molecule has 200 valence electrons. The normalized spacial score (nSPS) is 32.0. The van der Waals surface area contributed by atoms with Crippen LogP contribution in [0.2, 0.25) is 0 Å². The molecule has 2 aromatic rings. The molecule has 1 aromatic carbocycles. The van der Waals surface area contributed by atoms with Crippen LogP contribution in [0.1, 0.15) is 50.5 Å². The second-order valence-corrected chi connectivity index (χ2v) is 11.4. The molecular weight excluding hydrogens is 468 g/mol. The van der Waals surface area contributed by atoms with Gasteiger partial charge in [-0.1, -0.05) is 30.3 Å². The minimum absolute atomic E-state index is 0.0765. The first-order chi connectivity index (χ1) is 18.0. The van der Waals surface area contributed by atoms with E-state index in [0.717, 1.165) is 63.7 Å². The molecule has 2 saturated carbocycles. The van der Waals surface area contributed by atoms with Gasteiger partial charge in [-0.05, 0) is 57.6 Å². The molecule has 6 rings (SSSR count). The standard InChI is InChI=1S/C28H40N6O3/c1-29-28(22-6-3-2-4-7-22)12-10-26(11-13-28)20-33(25(35)34(26)21-27(36)8-5-9-27)23-18-30-24(31-19-23)32-14-16-37-17-15-32/h2-4,6-7,18-19,25,29,35-36H,5,8-17,20-21H2,1H3. The van der Waals surface area contributed by atoms with E-state index >= 15 is 0 Å². The van der Waals surface area contributed by atoms with Gasteiger partial charge in [0.2, 0.25) is 5.95 Å². The third-order valence-electron chi connectivity index (χ3n) is 9.47. The molecule has 37 heavy (non-hydrogen) atoms. The van der Waals surface area contributed by atoms with Gasteiger partial charge in [0.25, 0.3) is 0 Å². The van der Waals surface area contributed by atoms with Crippen LogP contribution in [0, 0.1) is 0 Å². The summed E-state index contributed by atoms with van der Waals surface area (Å²) in [6.45, 7) is 4.14. The Morgan fingerprint density at radius 2 is 1.68 bits per heavy atom. The first-order valence-electron chi connectivity index (χ1n) is 13.8. The summed E-state index contributed by atoms with van der Waals surface area (Å²) in [5.74, 6) is 0.704. The lowest BCUT2D eigenvalue weighted by Crippen LogP contribution is -2.60. The molecule has 9 nitrogen and oxygen atoms in total. The van der Waals surface area contributed by atoms with Crippen molar-refractivity contribution in [3.63, 3.8) is 0 Å². The van der Waals surface area contributed by atoms with E-state index in [1.165, 1.54) is 5.56 Å². The van der Waals surface area contributed by atoms with Gasteiger partial charge in [-0.15, -0.1) is 0 Å². The van der Waals surface area contributed by atoms with E-state index in [1.54, 1.807) is 0 Å². The van der Waals surface area contributed by atoms with Crippen LogP contribution in [0.15, 0.2) is 42.7 Å². The number of aliphatic hydroxyl groups excluding tert-OH is 1. The highest BCUT2D eigenvalue weighted by atomic mass is 16.5. The van der Waals surface area contributed by atoms with Crippen LogP contribution in [0.3, 0.4) is 0 Å². The summed E-state index contributed by atoms with van der Waals surface area (Å²) in [4.78, 5) is 15.6. The Labute approximate surface area is 219 Å². The Balaban J connectivity index is 1.25. The number of β-amino-alcohol motifs (C(OH)–C–C–N with tert-alkyl or cyclic N) is 1. The Kier molecular flexibility index (Phi) is 6.61. The van der Waals surface area contributed by atoms with Gasteiger partial charge in [0, 0.05) is 37.3 Å². The number of aliphatic hydroxyl groups is 2. The summed E-state index contributed by atoms with van der Waals surface area (Å²) >= 11 is 0. The zero-order valence-electron chi connectivity index (χ0n) is 21.8. The molecule has 2 saturated heterocycles. The maximum atomic E-state index is 11.7. The largest absolute Gasteiger partial charge is 0.389 e. The third-order valence-corrected chi connectivity index (χ3v) is 9.47. The van der Waals surface area contributed by atoms with Crippen molar-refractivity contribution in [2.75, 3.05) is 56.2 Å². The fraction of sp³-hybridized carbons (Fsp3) is 0.643. The molecule has 3 N–H and O–H groups in total. The highest BCUT2D eigenvalue weighted by Crippen LogP contribution is 2.49. The Bertz CT molecular complexity index is 1050. The number of benzene rings is 1.